The second-order valence-corrected chi connectivity index (χ2v) is 6.34. The molecule has 0 radical (unpaired) electrons. The Labute approximate surface area is 171 Å². The van der Waals surface area contributed by atoms with Crippen molar-refractivity contribution in [3.05, 3.63) is 105 Å². The lowest BCUT2D eigenvalue weighted by molar-refractivity contribution is -0.384. The SMILES string of the molecule is O=C(NN=Cc1ccc([N+](=O)[O-])c(Cl)c1)c1ccccc1OCc1ccccc1. The number of ether oxygens (including phenoxy) is 1. The Hall–Kier alpha value is -3.71. The van der Waals surface area contributed by atoms with E-state index in [1.54, 1.807) is 24.3 Å². The standard InChI is InChI=1S/C21H16ClN3O4/c22-18-12-16(10-11-19(18)25(27)28)13-23-24-21(26)17-8-4-5-9-20(17)29-14-15-6-2-1-3-7-15/h1-13H,14H2,(H,24,26). The van der Waals surface area contributed by atoms with Crippen LogP contribution in [0, 0.1) is 10.1 Å². The Balaban J connectivity index is 1.66. The number of amides is 1. The second kappa shape index (κ2) is 9.48. The molecule has 0 unspecified atom stereocenters. The highest BCUT2D eigenvalue weighted by Gasteiger charge is 2.13. The van der Waals surface area contributed by atoms with Crippen molar-refractivity contribution in [2.75, 3.05) is 0 Å². The fraction of sp³-hybridized carbons (Fsp3) is 0.0476. The number of hydrogen-bond donors (Lipinski definition) is 1. The molecule has 0 spiro atoms. The number of hydrogen-bond acceptors (Lipinski definition) is 5. The van der Waals surface area contributed by atoms with Gasteiger partial charge in [0.05, 0.1) is 16.7 Å². The minimum absolute atomic E-state index is 0.00932. The number of para-hydroxylation sites is 1. The third kappa shape index (κ3) is 5.40. The highest BCUT2D eigenvalue weighted by molar-refractivity contribution is 6.32. The normalized spacial score (nSPS) is 10.7. The van der Waals surface area contributed by atoms with Crippen LogP contribution in [0.4, 0.5) is 5.69 Å². The Morgan fingerprint density at radius 1 is 1.10 bits per heavy atom. The smallest absolute Gasteiger partial charge is 0.287 e. The van der Waals surface area contributed by atoms with Gasteiger partial charge in [-0.25, -0.2) is 5.43 Å². The average Bonchev–Trinajstić information content (AvgIpc) is 2.73. The van der Waals surface area contributed by atoms with Gasteiger partial charge in [-0.05, 0) is 35.4 Å². The fourth-order valence-corrected chi connectivity index (χ4v) is 2.75. The minimum Gasteiger partial charge on any atom is -0.488 e. The largest absolute Gasteiger partial charge is 0.488 e. The van der Waals surface area contributed by atoms with Crippen molar-refractivity contribution in [3.8, 4) is 5.75 Å². The topological polar surface area (TPSA) is 93.8 Å². The molecule has 146 valence electrons. The summed E-state index contributed by atoms with van der Waals surface area (Å²) in [5, 5.41) is 14.7. The first-order chi connectivity index (χ1) is 14.0. The molecule has 0 aliphatic carbocycles. The molecule has 0 fully saturated rings. The van der Waals surface area contributed by atoms with Gasteiger partial charge in [-0.2, -0.15) is 5.10 Å². The zero-order valence-corrected chi connectivity index (χ0v) is 15.9. The van der Waals surface area contributed by atoms with Crippen molar-refractivity contribution in [1.82, 2.24) is 5.43 Å². The number of carbonyl (C=O) groups is 1. The Morgan fingerprint density at radius 3 is 2.55 bits per heavy atom. The van der Waals surface area contributed by atoms with Crippen molar-refractivity contribution in [2.45, 2.75) is 6.61 Å². The number of halogens is 1. The van der Waals surface area contributed by atoms with Crippen LogP contribution in [0.2, 0.25) is 5.02 Å². The van der Waals surface area contributed by atoms with Crippen LogP contribution >= 0.6 is 11.6 Å². The summed E-state index contributed by atoms with van der Waals surface area (Å²) in [5.41, 5.74) is 4.05. The molecule has 8 heteroatoms. The molecule has 29 heavy (non-hydrogen) atoms. The summed E-state index contributed by atoms with van der Waals surface area (Å²) in [6.45, 7) is 0.329. The molecule has 1 amide bonds. The van der Waals surface area contributed by atoms with Crippen LogP contribution in [0.3, 0.4) is 0 Å². The van der Waals surface area contributed by atoms with Gasteiger partial charge in [0.15, 0.2) is 0 Å². The molecule has 0 aromatic heterocycles. The van der Waals surface area contributed by atoms with Crippen molar-refractivity contribution >= 4 is 29.4 Å². The van der Waals surface area contributed by atoms with Crippen molar-refractivity contribution in [2.24, 2.45) is 5.10 Å². The zero-order chi connectivity index (χ0) is 20.6. The van der Waals surface area contributed by atoms with Gasteiger partial charge in [0.1, 0.15) is 17.4 Å². The van der Waals surface area contributed by atoms with E-state index in [9.17, 15) is 14.9 Å². The number of carbonyl (C=O) groups excluding carboxylic acids is 1. The maximum atomic E-state index is 12.5. The summed E-state index contributed by atoms with van der Waals surface area (Å²) in [6.07, 6.45) is 1.35. The van der Waals surface area contributed by atoms with Gasteiger partial charge in [-0.1, -0.05) is 54.1 Å². The summed E-state index contributed by atoms with van der Waals surface area (Å²) in [4.78, 5) is 22.7. The molecule has 0 bridgehead atoms. The van der Waals surface area contributed by atoms with E-state index in [0.29, 0.717) is 23.5 Å². The van der Waals surface area contributed by atoms with Crippen molar-refractivity contribution in [1.29, 1.82) is 0 Å². The van der Waals surface area contributed by atoms with Gasteiger partial charge in [0.25, 0.3) is 11.6 Å². The van der Waals surface area contributed by atoms with Crippen LogP contribution in [-0.4, -0.2) is 17.0 Å². The first kappa shape index (κ1) is 20.0. The van der Waals surface area contributed by atoms with E-state index in [4.69, 9.17) is 16.3 Å². The molecule has 0 saturated carbocycles. The van der Waals surface area contributed by atoms with E-state index in [-0.39, 0.29) is 10.7 Å². The lowest BCUT2D eigenvalue weighted by atomic mass is 10.2. The molecular weight excluding hydrogens is 394 g/mol. The van der Waals surface area contributed by atoms with Gasteiger partial charge in [-0.15, -0.1) is 0 Å². The van der Waals surface area contributed by atoms with E-state index >= 15 is 0 Å². The lowest BCUT2D eigenvalue weighted by Crippen LogP contribution is -2.18. The quantitative estimate of drug-likeness (QED) is 0.351. The highest BCUT2D eigenvalue weighted by atomic mass is 35.5. The number of benzene rings is 3. The van der Waals surface area contributed by atoms with E-state index in [0.717, 1.165) is 5.56 Å². The summed E-state index contributed by atoms with van der Waals surface area (Å²) >= 11 is 5.86. The molecular formula is C21H16ClN3O4. The van der Waals surface area contributed by atoms with E-state index < -0.39 is 10.8 Å². The number of nitrogens with zero attached hydrogens (tertiary/aromatic N) is 2. The number of hydrazone groups is 1. The lowest BCUT2D eigenvalue weighted by Gasteiger charge is -2.10. The van der Waals surface area contributed by atoms with Crippen LogP contribution in [0.25, 0.3) is 0 Å². The molecule has 3 aromatic rings. The summed E-state index contributed by atoms with van der Waals surface area (Å²) in [6, 6.07) is 20.6. The Kier molecular flexibility index (Phi) is 6.55. The second-order valence-electron chi connectivity index (χ2n) is 5.94. The summed E-state index contributed by atoms with van der Waals surface area (Å²) in [5.74, 6) is -0.0136. The number of rotatable bonds is 7. The van der Waals surface area contributed by atoms with E-state index in [1.807, 2.05) is 30.3 Å². The molecule has 0 saturated heterocycles. The Morgan fingerprint density at radius 2 is 1.83 bits per heavy atom. The molecule has 0 aliphatic heterocycles. The Bertz CT molecular complexity index is 1050. The molecule has 0 atom stereocenters. The summed E-state index contributed by atoms with van der Waals surface area (Å²) < 4.78 is 5.77. The van der Waals surface area contributed by atoms with Gasteiger partial charge in [0.2, 0.25) is 0 Å². The molecule has 3 rings (SSSR count). The van der Waals surface area contributed by atoms with Crippen LogP contribution in [0.1, 0.15) is 21.5 Å². The van der Waals surface area contributed by atoms with Gasteiger partial charge >= 0.3 is 0 Å². The van der Waals surface area contributed by atoms with Gasteiger partial charge in [-0.3, -0.25) is 14.9 Å². The molecule has 3 aromatic carbocycles. The van der Waals surface area contributed by atoms with Gasteiger partial charge in [0, 0.05) is 6.07 Å². The first-order valence-electron chi connectivity index (χ1n) is 8.57. The highest BCUT2D eigenvalue weighted by Crippen LogP contribution is 2.24. The monoisotopic (exact) mass is 409 g/mol. The third-order valence-electron chi connectivity index (χ3n) is 3.92. The maximum Gasteiger partial charge on any atom is 0.287 e. The van der Waals surface area contributed by atoms with Crippen molar-refractivity contribution < 1.29 is 14.5 Å². The third-order valence-corrected chi connectivity index (χ3v) is 4.22. The first-order valence-corrected chi connectivity index (χ1v) is 8.95. The van der Waals surface area contributed by atoms with Gasteiger partial charge < -0.3 is 4.74 Å². The maximum absolute atomic E-state index is 12.5. The molecule has 0 heterocycles. The number of nitrogens with one attached hydrogen (secondary N) is 1. The molecule has 1 N–H and O–H groups in total. The van der Waals surface area contributed by atoms with Crippen LogP contribution in [0.5, 0.6) is 5.75 Å². The predicted octanol–water partition coefficient (Wildman–Crippen LogP) is 4.59. The van der Waals surface area contributed by atoms with E-state index in [2.05, 4.69) is 10.5 Å². The predicted molar refractivity (Wildman–Crippen MR) is 110 cm³/mol. The summed E-state index contributed by atoms with van der Waals surface area (Å²) in [7, 11) is 0. The fourth-order valence-electron chi connectivity index (χ4n) is 2.49. The number of nitro benzene ring substituents is 1. The van der Waals surface area contributed by atoms with Crippen LogP contribution < -0.4 is 10.2 Å². The molecule has 0 aliphatic rings. The molecule has 7 nitrogen and oxygen atoms in total. The van der Waals surface area contributed by atoms with Crippen LogP contribution in [-0.2, 0) is 6.61 Å². The zero-order valence-electron chi connectivity index (χ0n) is 15.1. The van der Waals surface area contributed by atoms with Crippen LogP contribution in [0.15, 0.2) is 77.9 Å². The number of nitro groups is 1. The minimum atomic E-state index is -0.572. The van der Waals surface area contributed by atoms with E-state index in [1.165, 1.54) is 24.4 Å². The average molecular weight is 410 g/mol. The van der Waals surface area contributed by atoms with Crippen molar-refractivity contribution in [3.63, 3.8) is 0 Å².